The lowest BCUT2D eigenvalue weighted by atomic mass is 9.99. The number of phenols is 1. The third kappa shape index (κ3) is 3.89. The number of hydrogen-bond acceptors (Lipinski definition) is 4. The number of esters is 1. The fourth-order valence-corrected chi connectivity index (χ4v) is 2.13. The number of phenolic OH excluding ortho intramolecular Hbond substituents is 1. The van der Waals surface area contributed by atoms with Gasteiger partial charge in [0.1, 0.15) is 24.0 Å². The minimum Gasteiger partial charge on any atom is -0.508 e. The average Bonchev–Trinajstić information content (AvgIpc) is 2.49. The maximum absolute atomic E-state index is 11.9. The number of rotatable bonds is 5. The summed E-state index contributed by atoms with van der Waals surface area (Å²) < 4.78 is 10.4. The number of carbonyl (C=O) groups excluding carboxylic acids is 1. The third-order valence-corrected chi connectivity index (χ3v) is 3.25. The molecule has 0 aliphatic heterocycles. The van der Waals surface area contributed by atoms with Gasteiger partial charge >= 0.3 is 5.97 Å². The standard InChI is InChI=1S/C16H15ClO4/c1-20-16(19)14(13-7-2-3-8-15(13)18)10-21-12-6-4-5-11(17)9-12/h2-9,14,18H,10H2,1H3. The van der Waals surface area contributed by atoms with E-state index in [1.165, 1.54) is 13.2 Å². The van der Waals surface area contributed by atoms with E-state index in [4.69, 9.17) is 21.1 Å². The van der Waals surface area contributed by atoms with Crippen molar-refractivity contribution in [1.29, 1.82) is 0 Å². The maximum atomic E-state index is 11.9. The highest BCUT2D eigenvalue weighted by atomic mass is 35.5. The molecule has 2 rings (SSSR count). The molecule has 2 aromatic rings. The van der Waals surface area contributed by atoms with Gasteiger partial charge < -0.3 is 14.6 Å². The van der Waals surface area contributed by atoms with Crippen molar-refractivity contribution < 1.29 is 19.4 Å². The van der Waals surface area contributed by atoms with Gasteiger partial charge in [-0.15, -0.1) is 0 Å². The van der Waals surface area contributed by atoms with Gasteiger partial charge in [0.25, 0.3) is 0 Å². The van der Waals surface area contributed by atoms with Crippen molar-refractivity contribution in [3.63, 3.8) is 0 Å². The van der Waals surface area contributed by atoms with E-state index in [-0.39, 0.29) is 12.4 Å². The van der Waals surface area contributed by atoms with Gasteiger partial charge in [-0.05, 0) is 24.3 Å². The number of halogens is 1. The predicted molar refractivity (Wildman–Crippen MR) is 79.8 cm³/mol. The highest BCUT2D eigenvalue weighted by Crippen LogP contribution is 2.28. The highest BCUT2D eigenvalue weighted by Gasteiger charge is 2.25. The van der Waals surface area contributed by atoms with E-state index >= 15 is 0 Å². The van der Waals surface area contributed by atoms with E-state index in [1.54, 1.807) is 42.5 Å². The first-order valence-electron chi connectivity index (χ1n) is 6.36. The van der Waals surface area contributed by atoms with Gasteiger partial charge in [0, 0.05) is 10.6 Å². The number of methoxy groups -OCH3 is 1. The van der Waals surface area contributed by atoms with Gasteiger partial charge in [-0.2, -0.15) is 0 Å². The van der Waals surface area contributed by atoms with Gasteiger partial charge in [0.15, 0.2) is 0 Å². The van der Waals surface area contributed by atoms with Crippen molar-refractivity contribution in [3.05, 3.63) is 59.1 Å². The van der Waals surface area contributed by atoms with E-state index in [1.807, 2.05) is 0 Å². The molecule has 2 aromatic carbocycles. The Kier molecular flexibility index (Phi) is 5.06. The molecule has 0 saturated carbocycles. The van der Waals surface area contributed by atoms with Crippen LogP contribution >= 0.6 is 11.6 Å². The predicted octanol–water partition coefficient (Wildman–Crippen LogP) is 3.38. The molecular formula is C16H15ClO4. The molecule has 0 aromatic heterocycles. The largest absolute Gasteiger partial charge is 0.508 e. The molecule has 4 nitrogen and oxygen atoms in total. The zero-order valence-electron chi connectivity index (χ0n) is 11.5. The normalized spacial score (nSPS) is 11.7. The van der Waals surface area contributed by atoms with Crippen LogP contribution in [-0.2, 0) is 9.53 Å². The van der Waals surface area contributed by atoms with Gasteiger partial charge in [0.05, 0.1) is 7.11 Å². The minimum absolute atomic E-state index is 0.0302. The SMILES string of the molecule is COC(=O)C(COc1cccc(Cl)c1)c1ccccc1O. The van der Waals surface area contributed by atoms with Crippen molar-refractivity contribution in [1.82, 2.24) is 0 Å². The first-order valence-corrected chi connectivity index (χ1v) is 6.73. The van der Waals surface area contributed by atoms with Crippen molar-refractivity contribution in [2.24, 2.45) is 0 Å². The molecule has 1 N–H and O–H groups in total. The molecule has 0 radical (unpaired) electrons. The van der Waals surface area contributed by atoms with Crippen LogP contribution in [-0.4, -0.2) is 24.8 Å². The van der Waals surface area contributed by atoms with Crippen molar-refractivity contribution in [3.8, 4) is 11.5 Å². The third-order valence-electron chi connectivity index (χ3n) is 3.01. The average molecular weight is 307 g/mol. The summed E-state index contributed by atoms with van der Waals surface area (Å²) in [6, 6.07) is 13.5. The maximum Gasteiger partial charge on any atom is 0.316 e. The molecular weight excluding hydrogens is 292 g/mol. The van der Waals surface area contributed by atoms with Crippen LogP contribution in [0.4, 0.5) is 0 Å². The molecule has 1 unspecified atom stereocenters. The molecule has 0 amide bonds. The molecule has 1 atom stereocenters. The van der Waals surface area contributed by atoms with Crippen LogP contribution in [0.2, 0.25) is 5.02 Å². The Hall–Kier alpha value is -2.20. The van der Waals surface area contributed by atoms with Crippen LogP contribution in [0.25, 0.3) is 0 Å². The summed E-state index contributed by atoms with van der Waals surface area (Å²) in [5.41, 5.74) is 0.464. The molecule has 0 saturated heterocycles. The van der Waals surface area contributed by atoms with Crippen LogP contribution in [0.15, 0.2) is 48.5 Å². The summed E-state index contributed by atoms with van der Waals surface area (Å²) in [5.74, 6) is -0.608. The number of hydrogen-bond donors (Lipinski definition) is 1. The van der Waals surface area contributed by atoms with Crippen molar-refractivity contribution >= 4 is 17.6 Å². The first kappa shape index (κ1) is 15.2. The van der Waals surface area contributed by atoms with Gasteiger partial charge in [0.2, 0.25) is 0 Å². The number of benzene rings is 2. The second-order valence-corrected chi connectivity index (χ2v) is 4.84. The first-order chi connectivity index (χ1) is 10.1. The number of aromatic hydroxyl groups is 1. The topological polar surface area (TPSA) is 55.8 Å². The Morgan fingerprint density at radius 3 is 2.67 bits per heavy atom. The van der Waals surface area contributed by atoms with Crippen LogP contribution in [0.1, 0.15) is 11.5 Å². The number of para-hydroxylation sites is 1. The molecule has 21 heavy (non-hydrogen) atoms. The Labute approximate surface area is 127 Å². The second-order valence-electron chi connectivity index (χ2n) is 4.40. The van der Waals surface area contributed by atoms with Crippen molar-refractivity contribution in [2.45, 2.75) is 5.92 Å². The zero-order valence-corrected chi connectivity index (χ0v) is 12.2. The Balaban J connectivity index is 2.18. The van der Waals surface area contributed by atoms with Crippen LogP contribution in [0, 0.1) is 0 Å². The Morgan fingerprint density at radius 1 is 1.24 bits per heavy atom. The summed E-state index contributed by atoms with van der Waals surface area (Å²) in [4.78, 5) is 11.9. The lowest BCUT2D eigenvalue weighted by Crippen LogP contribution is -2.21. The molecule has 0 bridgehead atoms. The van der Waals surface area contributed by atoms with E-state index < -0.39 is 11.9 Å². The van der Waals surface area contributed by atoms with E-state index in [0.717, 1.165) is 0 Å². The fraction of sp³-hybridized carbons (Fsp3) is 0.188. The van der Waals surface area contributed by atoms with Crippen LogP contribution in [0.5, 0.6) is 11.5 Å². The smallest absolute Gasteiger partial charge is 0.316 e. The number of ether oxygens (including phenoxy) is 2. The molecule has 0 aliphatic rings. The highest BCUT2D eigenvalue weighted by molar-refractivity contribution is 6.30. The van der Waals surface area contributed by atoms with Gasteiger partial charge in [-0.25, -0.2) is 0 Å². The van der Waals surface area contributed by atoms with E-state index in [2.05, 4.69) is 0 Å². The molecule has 110 valence electrons. The monoisotopic (exact) mass is 306 g/mol. The minimum atomic E-state index is -0.713. The molecule has 0 spiro atoms. The quantitative estimate of drug-likeness (QED) is 0.860. The Morgan fingerprint density at radius 2 is 2.00 bits per heavy atom. The second kappa shape index (κ2) is 6.99. The van der Waals surface area contributed by atoms with Gasteiger partial charge in [-0.1, -0.05) is 35.9 Å². The summed E-state index contributed by atoms with van der Waals surface area (Å²) in [6.07, 6.45) is 0. The van der Waals surface area contributed by atoms with E-state index in [9.17, 15) is 9.90 Å². The van der Waals surface area contributed by atoms with Crippen molar-refractivity contribution in [2.75, 3.05) is 13.7 Å². The van der Waals surface area contributed by atoms with Crippen LogP contribution in [0.3, 0.4) is 0 Å². The van der Waals surface area contributed by atoms with Gasteiger partial charge in [-0.3, -0.25) is 4.79 Å². The lowest BCUT2D eigenvalue weighted by molar-refractivity contribution is -0.143. The zero-order chi connectivity index (χ0) is 15.2. The molecule has 0 aliphatic carbocycles. The number of carbonyl (C=O) groups is 1. The summed E-state index contributed by atoms with van der Waals surface area (Å²) >= 11 is 5.88. The van der Waals surface area contributed by atoms with Crippen LogP contribution < -0.4 is 4.74 Å². The summed E-state index contributed by atoms with van der Waals surface area (Å²) in [6.45, 7) is 0.0462. The summed E-state index contributed by atoms with van der Waals surface area (Å²) in [7, 11) is 1.30. The van der Waals surface area contributed by atoms with E-state index in [0.29, 0.717) is 16.3 Å². The Bertz CT molecular complexity index is 627. The lowest BCUT2D eigenvalue weighted by Gasteiger charge is -2.17. The molecule has 0 fully saturated rings. The molecule has 5 heteroatoms. The summed E-state index contributed by atoms with van der Waals surface area (Å²) in [5, 5.41) is 10.4. The fourth-order valence-electron chi connectivity index (χ4n) is 1.95. The molecule has 0 heterocycles.